The maximum absolute atomic E-state index is 12.6. The van der Waals surface area contributed by atoms with Gasteiger partial charge in [0.15, 0.2) is 0 Å². The molecule has 2 heterocycles. The summed E-state index contributed by atoms with van der Waals surface area (Å²) in [5.41, 5.74) is 1.65. The van der Waals surface area contributed by atoms with E-state index < -0.39 is 0 Å². The van der Waals surface area contributed by atoms with Gasteiger partial charge in [-0.05, 0) is 18.8 Å². The first-order valence-electron chi connectivity index (χ1n) is 8.39. The van der Waals surface area contributed by atoms with Crippen molar-refractivity contribution in [3.8, 4) is 0 Å². The van der Waals surface area contributed by atoms with E-state index in [1.165, 1.54) is 12.8 Å². The second-order valence-corrected chi connectivity index (χ2v) is 6.23. The predicted octanol–water partition coefficient (Wildman–Crippen LogP) is 2.36. The third-order valence-electron chi connectivity index (χ3n) is 4.64. The van der Waals surface area contributed by atoms with Crippen molar-refractivity contribution >= 4 is 5.91 Å². The van der Waals surface area contributed by atoms with Gasteiger partial charge in [0.1, 0.15) is 0 Å². The van der Waals surface area contributed by atoms with Crippen molar-refractivity contribution in [1.29, 1.82) is 0 Å². The van der Waals surface area contributed by atoms with E-state index in [1.807, 2.05) is 0 Å². The highest BCUT2D eigenvalue weighted by Crippen LogP contribution is 2.16. The van der Waals surface area contributed by atoms with Gasteiger partial charge in [-0.25, -0.2) is 4.98 Å². The van der Waals surface area contributed by atoms with Gasteiger partial charge in [-0.2, -0.15) is 0 Å². The SMILES string of the molecule is CCCC[C@@H](CC)Cn1cnc2c(c1=O)CCN(C(C)=O)C2. The summed E-state index contributed by atoms with van der Waals surface area (Å²) in [6.07, 6.45) is 6.93. The molecular formula is C17H27N3O2. The molecule has 1 aliphatic heterocycles. The Bertz CT molecular complexity index is 580. The average molecular weight is 305 g/mol. The number of rotatable bonds is 6. The average Bonchev–Trinajstić information content (AvgIpc) is 2.53. The van der Waals surface area contributed by atoms with Gasteiger partial charge in [0.2, 0.25) is 5.91 Å². The fourth-order valence-electron chi connectivity index (χ4n) is 3.05. The Labute approximate surface area is 132 Å². The van der Waals surface area contributed by atoms with Gasteiger partial charge in [0.25, 0.3) is 5.56 Å². The highest BCUT2D eigenvalue weighted by molar-refractivity contribution is 5.73. The van der Waals surface area contributed by atoms with Crippen molar-refractivity contribution in [3.05, 3.63) is 27.9 Å². The number of carbonyl (C=O) groups is 1. The number of hydrogen-bond donors (Lipinski definition) is 0. The Morgan fingerprint density at radius 3 is 2.82 bits per heavy atom. The van der Waals surface area contributed by atoms with Crippen LogP contribution in [0.25, 0.3) is 0 Å². The standard InChI is InChI=1S/C17H27N3O2/c1-4-6-7-14(5-2)10-20-12-18-16-11-19(13(3)21)9-8-15(16)17(20)22/h12,14H,4-11H2,1-3H3/t14-/m1/s1. The lowest BCUT2D eigenvalue weighted by atomic mass is 9.99. The van der Waals surface area contributed by atoms with E-state index >= 15 is 0 Å². The molecule has 5 heteroatoms. The minimum absolute atomic E-state index is 0.0437. The highest BCUT2D eigenvalue weighted by atomic mass is 16.2. The molecule has 122 valence electrons. The summed E-state index contributed by atoms with van der Waals surface area (Å²) < 4.78 is 1.77. The molecule has 0 saturated carbocycles. The number of aromatic nitrogens is 2. The zero-order chi connectivity index (χ0) is 16.1. The van der Waals surface area contributed by atoms with Crippen LogP contribution in [-0.4, -0.2) is 26.9 Å². The first-order chi connectivity index (χ1) is 10.6. The smallest absolute Gasteiger partial charge is 0.256 e. The first kappa shape index (κ1) is 16.7. The molecule has 0 aromatic carbocycles. The molecule has 1 aromatic rings. The fourth-order valence-corrected chi connectivity index (χ4v) is 3.05. The Balaban J connectivity index is 2.16. The molecule has 0 fully saturated rings. The van der Waals surface area contributed by atoms with E-state index in [1.54, 1.807) is 22.7 Å². The van der Waals surface area contributed by atoms with Crippen molar-refractivity contribution in [3.63, 3.8) is 0 Å². The largest absolute Gasteiger partial charge is 0.337 e. The maximum atomic E-state index is 12.6. The summed E-state index contributed by atoms with van der Waals surface area (Å²) in [7, 11) is 0. The number of unbranched alkanes of at least 4 members (excludes halogenated alkanes) is 1. The fraction of sp³-hybridized carbons (Fsp3) is 0.706. The van der Waals surface area contributed by atoms with E-state index in [2.05, 4.69) is 18.8 Å². The number of amides is 1. The molecule has 0 spiro atoms. The van der Waals surface area contributed by atoms with Crippen LogP contribution in [0.3, 0.4) is 0 Å². The van der Waals surface area contributed by atoms with Gasteiger partial charge >= 0.3 is 0 Å². The molecule has 22 heavy (non-hydrogen) atoms. The number of hydrogen-bond acceptors (Lipinski definition) is 3. The Hall–Kier alpha value is -1.65. The van der Waals surface area contributed by atoms with E-state index in [0.717, 1.165) is 30.6 Å². The van der Waals surface area contributed by atoms with Crippen LogP contribution in [0.4, 0.5) is 0 Å². The molecular weight excluding hydrogens is 278 g/mol. The van der Waals surface area contributed by atoms with Gasteiger partial charge in [-0.3, -0.25) is 14.2 Å². The van der Waals surface area contributed by atoms with Crippen molar-refractivity contribution in [2.75, 3.05) is 6.54 Å². The number of nitrogens with zero attached hydrogens (tertiary/aromatic N) is 3. The maximum Gasteiger partial charge on any atom is 0.256 e. The molecule has 1 atom stereocenters. The van der Waals surface area contributed by atoms with Crippen LogP contribution < -0.4 is 5.56 Å². The molecule has 1 amide bonds. The van der Waals surface area contributed by atoms with Crippen molar-refractivity contribution in [1.82, 2.24) is 14.5 Å². The second-order valence-electron chi connectivity index (χ2n) is 6.23. The summed E-state index contributed by atoms with van der Waals surface area (Å²) in [5.74, 6) is 0.581. The predicted molar refractivity (Wildman–Crippen MR) is 86.6 cm³/mol. The molecule has 1 aliphatic rings. The molecule has 2 rings (SSSR count). The monoisotopic (exact) mass is 305 g/mol. The van der Waals surface area contributed by atoms with E-state index in [0.29, 0.717) is 25.4 Å². The van der Waals surface area contributed by atoms with Crippen molar-refractivity contribution in [2.24, 2.45) is 5.92 Å². The van der Waals surface area contributed by atoms with Crippen LogP contribution in [0, 0.1) is 5.92 Å². The number of fused-ring (bicyclic) bond motifs is 1. The lowest BCUT2D eigenvalue weighted by Crippen LogP contribution is -2.39. The first-order valence-corrected chi connectivity index (χ1v) is 8.39. The normalized spacial score (nSPS) is 15.5. The summed E-state index contributed by atoms with van der Waals surface area (Å²) in [6.45, 7) is 7.78. The summed E-state index contributed by atoms with van der Waals surface area (Å²) in [4.78, 5) is 30.3. The van der Waals surface area contributed by atoms with E-state index in [4.69, 9.17) is 0 Å². The lowest BCUT2D eigenvalue weighted by molar-refractivity contribution is -0.129. The van der Waals surface area contributed by atoms with Crippen molar-refractivity contribution in [2.45, 2.75) is 66.0 Å². The quantitative estimate of drug-likeness (QED) is 0.811. The highest BCUT2D eigenvalue weighted by Gasteiger charge is 2.22. The van der Waals surface area contributed by atoms with Crippen LogP contribution >= 0.6 is 0 Å². The molecule has 0 bridgehead atoms. The van der Waals surface area contributed by atoms with E-state index in [9.17, 15) is 9.59 Å². The van der Waals surface area contributed by atoms with Crippen LogP contribution in [0.2, 0.25) is 0 Å². The minimum Gasteiger partial charge on any atom is -0.337 e. The van der Waals surface area contributed by atoms with Crippen LogP contribution in [0.15, 0.2) is 11.1 Å². The third kappa shape index (κ3) is 3.76. The van der Waals surface area contributed by atoms with Crippen LogP contribution in [0.5, 0.6) is 0 Å². The van der Waals surface area contributed by atoms with Crippen LogP contribution in [0.1, 0.15) is 57.7 Å². The molecule has 0 aliphatic carbocycles. The van der Waals surface area contributed by atoms with Gasteiger partial charge in [0, 0.05) is 25.6 Å². The van der Waals surface area contributed by atoms with Crippen LogP contribution in [-0.2, 0) is 24.3 Å². The minimum atomic E-state index is 0.0437. The van der Waals surface area contributed by atoms with Gasteiger partial charge < -0.3 is 4.90 Å². The van der Waals surface area contributed by atoms with Gasteiger partial charge in [-0.15, -0.1) is 0 Å². The molecule has 1 aromatic heterocycles. The summed E-state index contributed by atoms with van der Waals surface area (Å²) in [5, 5.41) is 0. The molecule has 5 nitrogen and oxygen atoms in total. The zero-order valence-corrected chi connectivity index (χ0v) is 14.0. The Morgan fingerprint density at radius 2 is 2.18 bits per heavy atom. The van der Waals surface area contributed by atoms with Gasteiger partial charge in [-0.1, -0.05) is 33.1 Å². The zero-order valence-electron chi connectivity index (χ0n) is 14.0. The number of carbonyl (C=O) groups excluding carboxylic acids is 1. The van der Waals surface area contributed by atoms with Crippen molar-refractivity contribution < 1.29 is 4.79 Å². The Morgan fingerprint density at radius 1 is 1.41 bits per heavy atom. The molecule has 0 saturated heterocycles. The molecule has 0 radical (unpaired) electrons. The third-order valence-corrected chi connectivity index (χ3v) is 4.64. The summed E-state index contributed by atoms with van der Waals surface area (Å²) >= 11 is 0. The second kappa shape index (κ2) is 7.56. The lowest BCUT2D eigenvalue weighted by Gasteiger charge is -2.27. The Kier molecular flexibility index (Phi) is 5.75. The van der Waals surface area contributed by atoms with E-state index in [-0.39, 0.29) is 11.5 Å². The topological polar surface area (TPSA) is 55.2 Å². The summed E-state index contributed by atoms with van der Waals surface area (Å²) in [6, 6.07) is 0. The molecule has 0 N–H and O–H groups in total. The van der Waals surface area contributed by atoms with Gasteiger partial charge in [0.05, 0.1) is 18.6 Å². The molecule has 0 unspecified atom stereocenters.